The SMILES string of the molecule is Cn1nc(-c2ccc(Cl)cc2)nc1C1=C(O)C(C)(C)SC1=O. The second-order valence-corrected chi connectivity index (χ2v) is 7.54. The maximum absolute atomic E-state index is 12.2. The summed E-state index contributed by atoms with van der Waals surface area (Å²) in [6, 6.07) is 7.13. The summed E-state index contributed by atoms with van der Waals surface area (Å²) in [6.45, 7) is 3.60. The quantitative estimate of drug-likeness (QED) is 0.910. The first kappa shape index (κ1) is 15.1. The van der Waals surface area contributed by atoms with Crippen molar-refractivity contribution < 1.29 is 9.90 Å². The number of thioether (sulfide) groups is 1. The normalized spacial score (nSPS) is 17.4. The number of aryl methyl sites for hydroxylation is 1. The molecule has 0 saturated carbocycles. The van der Waals surface area contributed by atoms with Crippen LogP contribution in [0.2, 0.25) is 5.02 Å². The number of carbonyl (C=O) groups excluding carboxylic acids is 1. The van der Waals surface area contributed by atoms with Crippen molar-refractivity contribution >= 4 is 34.1 Å². The summed E-state index contributed by atoms with van der Waals surface area (Å²) >= 11 is 6.96. The Kier molecular flexibility index (Phi) is 3.53. The minimum Gasteiger partial charge on any atom is -0.510 e. The van der Waals surface area contributed by atoms with Gasteiger partial charge in [0.25, 0.3) is 0 Å². The molecular formula is C15H14ClN3O2S. The van der Waals surface area contributed by atoms with E-state index in [0.29, 0.717) is 16.7 Å². The number of rotatable bonds is 2. The summed E-state index contributed by atoms with van der Waals surface area (Å²) in [5.74, 6) is 0.892. The fraction of sp³-hybridized carbons (Fsp3) is 0.267. The fourth-order valence-electron chi connectivity index (χ4n) is 2.25. The van der Waals surface area contributed by atoms with Crippen molar-refractivity contribution in [1.29, 1.82) is 0 Å². The molecule has 3 rings (SSSR count). The van der Waals surface area contributed by atoms with E-state index in [-0.39, 0.29) is 16.4 Å². The van der Waals surface area contributed by atoms with Crippen LogP contribution >= 0.6 is 23.4 Å². The largest absolute Gasteiger partial charge is 0.510 e. The first-order valence-electron chi connectivity index (χ1n) is 6.64. The number of aromatic nitrogens is 3. The van der Waals surface area contributed by atoms with Gasteiger partial charge in [-0.2, -0.15) is 5.10 Å². The molecule has 0 fully saturated rings. The summed E-state index contributed by atoms with van der Waals surface area (Å²) in [5, 5.41) is 15.1. The Labute approximate surface area is 137 Å². The fourth-order valence-corrected chi connectivity index (χ4v) is 3.33. The van der Waals surface area contributed by atoms with Gasteiger partial charge in [0, 0.05) is 17.6 Å². The third-order valence-electron chi connectivity index (χ3n) is 3.45. The van der Waals surface area contributed by atoms with Crippen LogP contribution in [0.25, 0.3) is 17.0 Å². The van der Waals surface area contributed by atoms with E-state index in [1.165, 1.54) is 4.68 Å². The molecule has 0 amide bonds. The van der Waals surface area contributed by atoms with Crippen molar-refractivity contribution in [3.63, 3.8) is 0 Å². The predicted molar refractivity (Wildman–Crippen MR) is 87.7 cm³/mol. The predicted octanol–water partition coefficient (Wildman–Crippen LogP) is 3.46. The molecule has 1 N–H and O–H groups in total. The van der Waals surface area contributed by atoms with Crippen LogP contribution in [0.1, 0.15) is 19.7 Å². The highest BCUT2D eigenvalue weighted by molar-refractivity contribution is 8.16. The molecule has 2 heterocycles. The molecule has 1 aromatic carbocycles. The first-order chi connectivity index (χ1) is 10.3. The standard InChI is InChI=1S/C15H14ClN3O2S/c1-15(2)11(20)10(14(21)22-15)13-17-12(18-19(13)3)8-4-6-9(16)7-5-8/h4-7,20H,1-3H3. The van der Waals surface area contributed by atoms with Crippen LogP contribution in [0.5, 0.6) is 0 Å². The average Bonchev–Trinajstić information content (AvgIpc) is 2.89. The van der Waals surface area contributed by atoms with Crippen LogP contribution in [0.15, 0.2) is 30.0 Å². The highest BCUT2D eigenvalue weighted by Crippen LogP contribution is 2.45. The third kappa shape index (κ3) is 2.42. The number of nitrogens with zero attached hydrogens (tertiary/aromatic N) is 3. The summed E-state index contributed by atoms with van der Waals surface area (Å²) in [6.07, 6.45) is 0. The lowest BCUT2D eigenvalue weighted by molar-refractivity contribution is -0.106. The lowest BCUT2D eigenvalue weighted by Gasteiger charge is -2.14. The van der Waals surface area contributed by atoms with Gasteiger partial charge in [-0.15, -0.1) is 0 Å². The second kappa shape index (κ2) is 5.14. The Morgan fingerprint density at radius 3 is 2.45 bits per heavy atom. The van der Waals surface area contributed by atoms with Crippen molar-refractivity contribution in [3.05, 3.63) is 40.9 Å². The van der Waals surface area contributed by atoms with Gasteiger partial charge in [0.05, 0.1) is 4.75 Å². The molecule has 0 radical (unpaired) electrons. The van der Waals surface area contributed by atoms with Gasteiger partial charge in [-0.3, -0.25) is 4.79 Å². The first-order valence-corrected chi connectivity index (χ1v) is 7.83. The van der Waals surface area contributed by atoms with E-state index in [0.717, 1.165) is 17.3 Å². The van der Waals surface area contributed by atoms with Gasteiger partial charge < -0.3 is 5.11 Å². The zero-order valence-corrected chi connectivity index (χ0v) is 13.9. The molecule has 0 spiro atoms. The molecule has 0 aliphatic carbocycles. The van der Waals surface area contributed by atoms with Gasteiger partial charge in [-0.1, -0.05) is 23.4 Å². The number of hydrogen-bond acceptors (Lipinski definition) is 5. The van der Waals surface area contributed by atoms with Crippen LogP contribution in [0, 0.1) is 0 Å². The van der Waals surface area contributed by atoms with Gasteiger partial charge in [-0.25, -0.2) is 9.67 Å². The van der Waals surface area contributed by atoms with Gasteiger partial charge in [0.2, 0.25) is 5.12 Å². The van der Waals surface area contributed by atoms with Crippen LogP contribution in [0.3, 0.4) is 0 Å². The van der Waals surface area contributed by atoms with Crippen molar-refractivity contribution in [1.82, 2.24) is 14.8 Å². The van der Waals surface area contributed by atoms with Gasteiger partial charge >= 0.3 is 0 Å². The van der Waals surface area contributed by atoms with Gasteiger partial charge in [0.1, 0.15) is 11.3 Å². The zero-order chi connectivity index (χ0) is 16.1. The molecule has 114 valence electrons. The Morgan fingerprint density at radius 2 is 1.91 bits per heavy atom. The molecule has 5 nitrogen and oxygen atoms in total. The Morgan fingerprint density at radius 1 is 1.27 bits per heavy atom. The number of halogens is 1. The number of aliphatic hydroxyl groups excluding tert-OH is 1. The molecule has 22 heavy (non-hydrogen) atoms. The summed E-state index contributed by atoms with van der Waals surface area (Å²) in [4.78, 5) is 16.6. The van der Waals surface area contributed by atoms with Gasteiger partial charge in [-0.05, 0) is 38.1 Å². The van der Waals surface area contributed by atoms with Gasteiger partial charge in [0.15, 0.2) is 11.6 Å². The molecule has 1 aliphatic rings. The Hall–Kier alpha value is -1.79. The van der Waals surface area contributed by atoms with Crippen molar-refractivity contribution in [2.75, 3.05) is 0 Å². The molecular weight excluding hydrogens is 322 g/mol. The van der Waals surface area contributed by atoms with E-state index in [4.69, 9.17) is 11.6 Å². The van der Waals surface area contributed by atoms with Crippen LogP contribution < -0.4 is 0 Å². The number of benzene rings is 1. The van der Waals surface area contributed by atoms with E-state index in [1.807, 2.05) is 12.1 Å². The molecule has 0 bridgehead atoms. The molecule has 0 atom stereocenters. The molecule has 0 unspecified atom stereocenters. The number of hydrogen-bond donors (Lipinski definition) is 1. The van der Waals surface area contributed by atoms with Crippen LogP contribution in [-0.2, 0) is 11.8 Å². The minimum absolute atomic E-state index is 0.0423. The maximum atomic E-state index is 12.2. The molecule has 0 saturated heterocycles. The van der Waals surface area contributed by atoms with E-state index >= 15 is 0 Å². The third-order valence-corrected chi connectivity index (χ3v) is 4.79. The van der Waals surface area contributed by atoms with E-state index in [1.54, 1.807) is 33.0 Å². The highest BCUT2D eigenvalue weighted by Gasteiger charge is 2.42. The van der Waals surface area contributed by atoms with E-state index in [9.17, 15) is 9.90 Å². The Balaban J connectivity index is 2.09. The smallest absolute Gasteiger partial charge is 0.227 e. The lowest BCUT2D eigenvalue weighted by Crippen LogP contribution is -2.14. The molecule has 1 aromatic heterocycles. The summed E-state index contributed by atoms with van der Waals surface area (Å²) in [7, 11) is 1.70. The summed E-state index contributed by atoms with van der Waals surface area (Å²) < 4.78 is 0.869. The van der Waals surface area contributed by atoms with E-state index in [2.05, 4.69) is 10.1 Å². The lowest BCUT2D eigenvalue weighted by atomic mass is 10.1. The van der Waals surface area contributed by atoms with Crippen molar-refractivity contribution in [2.45, 2.75) is 18.6 Å². The molecule has 2 aromatic rings. The summed E-state index contributed by atoms with van der Waals surface area (Å²) in [5.41, 5.74) is 1.02. The highest BCUT2D eigenvalue weighted by atomic mass is 35.5. The maximum Gasteiger partial charge on any atom is 0.227 e. The number of aliphatic hydroxyl groups is 1. The second-order valence-electron chi connectivity index (χ2n) is 5.51. The Bertz CT molecular complexity index is 794. The van der Waals surface area contributed by atoms with Crippen LogP contribution in [-0.4, -0.2) is 29.7 Å². The molecule has 1 aliphatic heterocycles. The minimum atomic E-state index is -0.640. The van der Waals surface area contributed by atoms with Crippen molar-refractivity contribution in [2.24, 2.45) is 7.05 Å². The zero-order valence-electron chi connectivity index (χ0n) is 12.3. The average molecular weight is 336 g/mol. The monoisotopic (exact) mass is 335 g/mol. The number of carbonyl (C=O) groups is 1. The topological polar surface area (TPSA) is 68.0 Å². The van der Waals surface area contributed by atoms with Crippen LogP contribution in [0.4, 0.5) is 0 Å². The van der Waals surface area contributed by atoms with E-state index < -0.39 is 4.75 Å². The molecule has 7 heteroatoms. The van der Waals surface area contributed by atoms with Crippen molar-refractivity contribution in [3.8, 4) is 11.4 Å².